The van der Waals surface area contributed by atoms with E-state index in [4.69, 9.17) is 4.98 Å². The fraction of sp³-hybridized carbons (Fsp3) is 0.400. The van der Waals surface area contributed by atoms with Gasteiger partial charge in [0.15, 0.2) is 0 Å². The van der Waals surface area contributed by atoms with Crippen LogP contribution in [0.1, 0.15) is 71.9 Å². The van der Waals surface area contributed by atoms with Gasteiger partial charge in [-0.2, -0.15) is 5.10 Å². The van der Waals surface area contributed by atoms with Crippen molar-refractivity contribution in [3.05, 3.63) is 81.7 Å². The lowest BCUT2D eigenvalue weighted by atomic mass is 9.86. The average Bonchev–Trinajstić information content (AvgIpc) is 3.24. The van der Waals surface area contributed by atoms with E-state index < -0.39 is 0 Å². The molecule has 1 atom stereocenters. The van der Waals surface area contributed by atoms with E-state index in [1.165, 1.54) is 58.0 Å². The molecule has 0 aliphatic heterocycles. The number of hydrogen-bond acceptors (Lipinski definition) is 3. The topological polar surface area (TPSA) is 44.8 Å². The van der Waals surface area contributed by atoms with Gasteiger partial charge in [-0.05, 0) is 92.9 Å². The minimum absolute atomic E-state index is 0.475. The first-order valence-corrected chi connectivity index (χ1v) is 12.8. The highest BCUT2D eigenvalue weighted by molar-refractivity contribution is 5.97. The number of aryl methyl sites for hydroxylation is 5. The zero-order chi connectivity index (χ0) is 23.8. The van der Waals surface area contributed by atoms with Gasteiger partial charge in [-0.15, -0.1) is 0 Å². The fourth-order valence-corrected chi connectivity index (χ4v) is 5.86. The van der Waals surface area contributed by atoms with Crippen molar-refractivity contribution in [1.82, 2.24) is 20.1 Å². The monoisotopic (exact) mass is 452 g/mol. The molecule has 1 N–H and O–H groups in total. The molecule has 0 saturated carbocycles. The molecule has 0 unspecified atom stereocenters. The predicted octanol–water partition coefficient (Wildman–Crippen LogP) is 6.88. The highest BCUT2D eigenvalue weighted by atomic mass is 15.1. The summed E-state index contributed by atoms with van der Waals surface area (Å²) in [5.74, 6) is 0. The maximum atomic E-state index is 5.21. The first-order chi connectivity index (χ1) is 16.5. The Kier molecular flexibility index (Phi) is 6.26. The molecule has 0 radical (unpaired) electrons. The summed E-state index contributed by atoms with van der Waals surface area (Å²) in [7, 11) is 2.28. The van der Waals surface area contributed by atoms with E-state index in [2.05, 4.69) is 92.3 Å². The van der Waals surface area contributed by atoms with E-state index in [0.29, 0.717) is 6.04 Å². The average molecular weight is 453 g/mol. The van der Waals surface area contributed by atoms with Crippen molar-refractivity contribution in [1.29, 1.82) is 0 Å². The Morgan fingerprint density at radius 1 is 1.03 bits per heavy atom. The third kappa shape index (κ3) is 3.94. The molecule has 4 aromatic rings. The second kappa shape index (κ2) is 9.34. The smallest absolute Gasteiger partial charge is 0.0930 e. The van der Waals surface area contributed by atoms with E-state index >= 15 is 0 Å². The van der Waals surface area contributed by atoms with Crippen molar-refractivity contribution < 1.29 is 0 Å². The minimum Gasteiger partial charge on any atom is -0.295 e. The molecular formula is C30H36N4. The fourth-order valence-electron chi connectivity index (χ4n) is 5.86. The zero-order valence-electron chi connectivity index (χ0n) is 21.2. The van der Waals surface area contributed by atoms with Gasteiger partial charge in [0.25, 0.3) is 0 Å². The lowest BCUT2D eigenvalue weighted by molar-refractivity contribution is 0.212. The summed E-state index contributed by atoms with van der Waals surface area (Å²) in [4.78, 5) is 7.75. The summed E-state index contributed by atoms with van der Waals surface area (Å²) in [5.41, 5.74) is 12.7. The van der Waals surface area contributed by atoms with E-state index in [0.717, 1.165) is 42.0 Å². The van der Waals surface area contributed by atoms with Gasteiger partial charge >= 0.3 is 0 Å². The van der Waals surface area contributed by atoms with Crippen LogP contribution in [0, 0.1) is 13.8 Å². The molecule has 2 aromatic heterocycles. The second-order valence-electron chi connectivity index (χ2n) is 9.80. The van der Waals surface area contributed by atoms with Gasteiger partial charge in [0.2, 0.25) is 0 Å². The molecule has 0 bridgehead atoms. The van der Waals surface area contributed by atoms with Crippen LogP contribution in [0.3, 0.4) is 0 Å². The summed E-state index contributed by atoms with van der Waals surface area (Å²) < 4.78 is 0. The molecule has 0 amide bonds. The van der Waals surface area contributed by atoms with Gasteiger partial charge in [-0.1, -0.05) is 44.2 Å². The largest absolute Gasteiger partial charge is 0.295 e. The number of aromatic amines is 1. The number of aromatic nitrogens is 3. The van der Waals surface area contributed by atoms with Crippen molar-refractivity contribution in [3.8, 4) is 11.3 Å². The SMILES string of the molecule is CCc1cc(-c2c(CC)ccc3n[nH]c(C)c23)nc(C)c1CN(C)[C@H]1CCCc2ccccc21. The second-order valence-corrected chi connectivity index (χ2v) is 9.80. The van der Waals surface area contributed by atoms with Crippen molar-refractivity contribution in [2.45, 2.75) is 72.4 Å². The number of H-pyrrole nitrogens is 1. The first-order valence-electron chi connectivity index (χ1n) is 12.8. The molecule has 176 valence electrons. The van der Waals surface area contributed by atoms with Crippen molar-refractivity contribution in [2.24, 2.45) is 0 Å². The number of benzene rings is 2. The molecule has 2 aromatic carbocycles. The molecule has 2 heterocycles. The van der Waals surface area contributed by atoms with Crippen LogP contribution in [0.15, 0.2) is 42.5 Å². The molecule has 0 spiro atoms. The van der Waals surface area contributed by atoms with Crippen molar-refractivity contribution in [3.63, 3.8) is 0 Å². The molecule has 34 heavy (non-hydrogen) atoms. The Labute approximate surface area is 203 Å². The summed E-state index contributed by atoms with van der Waals surface area (Å²) >= 11 is 0. The van der Waals surface area contributed by atoms with Crippen LogP contribution in [0.4, 0.5) is 0 Å². The van der Waals surface area contributed by atoms with Crippen molar-refractivity contribution >= 4 is 10.9 Å². The van der Waals surface area contributed by atoms with Crippen LogP contribution in [-0.2, 0) is 25.8 Å². The Balaban J connectivity index is 1.54. The van der Waals surface area contributed by atoms with Crippen LogP contribution in [0.25, 0.3) is 22.2 Å². The van der Waals surface area contributed by atoms with Gasteiger partial charge in [0.05, 0.1) is 11.2 Å². The lowest BCUT2D eigenvalue weighted by Gasteiger charge is -2.34. The van der Waals surface area contributed by atoms with Crippen LogP contribution in [0.5, 0.6) is 0 Å². The number of hydrogen-bond donors (Lipinski definition) is 1. The number of pyridine rings is 1. The predicted molar refractivity (Wildman–Crippen MR) is 141 cm³/mol. The highest BCUT2D eigenvalue weighted by Gasteiger charge is 2.25. The van der Waals surface area contributed by atoms with Crippen LogP contribution < -0.4 is 0 Å². The lowest BCUT2D eigenvalue weighted by Crippen LogP contribution is -2.28. The van der Waals surface area contributed by atoms with Crippen LogP contribution >= 0.6 is 0 Å². The molecular weight excluding hydrogens is 416 g/mol. The summed E-state index contributed by atoms with van der Waals surface area (Å²) in [6.07, 6.45) is 5.67. The van der Waals surface area contributed by atoms with E-state index in [1.54, 1.807) is 0 Å². The Morgan fingerprint density at radius 2 is 1.82 bits per heavy atom. The van der Waals surface area contributed by atoms with Gasteiger partial charge in [-0.3, -0.25) is 15.0 Å². The van der Waals surface area contributed by atoms with Gasteiger partial charge in [0, 0.05) is 34.9 Å². The maximum Gasteiger partial charge on any atom is 0.0930 e. The number of nitrogens with zero attached hydrogens (tertiary/aromatic N) is 3. The Bertz CT molecular complexity index is 1330. The third-order valence-corrected chi connectivity index (χ3v) is 7.71. The maximum absolute atomic E-state index is 5.21. The third-order valence-electron chi connectivity index (χ3n) is 7.71. The normalized spacial score (nSPS) is 15.8. The minimum atomic E-state index is 0.475. The first kappa shape index (κ1) is 22.8. The summed E-state index contributed by atoms with van der Waals surface area (Å²) in [6.45, 7) is 9.71. The Hall–Kier alpha value is -2.98. The van der Waals surface area contributed by atoms with Crippen molar-refractivity contribution in [2.75, 3.05) is 7.05 Å². The van der Waals surface area contributed by atoms with Gasteiger partial charge in [-0.25, -0.2) is 0 Å². The standard InChI is InChI=1S/C30H36N4/c1-6-21-15-16-26-29(20(4)32-33-26)30(21)27-17-22(7-2)25(19(3)31-27)18-34(5)28-14-10-12-23-11-8-9-13-24(23)28/h8-9,11,13,15-17,28H,6-7,10,12,14,18H2,1-5H3,(H,32,33)/t28-/m0/s1. The Morgan fingerprint density at radius 3 is 2.62 bits per heavy atom. The van der Waals surface area contributed by atoms with Gasteiger partial charge in [0.1, 0.15) is 0 Å². The van der Waals surface area contributed by atoms with Crippen LogP contribution in [-0.4, -0.2) is 27.1 Å². The number of rotatable bonds is 6. The molecule has 1 aliphatic carbocycles. The summed E-state index contributed by atoms with van der Waals surface area (Å²) in [5, 5.41) is 8.90. The van der Waals surface area contributed by atoms with Gasteiger partial charge < -0.3 is 0 Å². The summed E-state index contributed by atoms with van der Waals surface area (Å²) in [6, 6.07) is 16.1. The molecule has 0 fully saturated rings. The van der Waals surface area contributed by atoms with E-state index in [1.807, 2.05) is 0 Å². The van der Waals surface area contributed by atoms with E-state index in [-0.39, 0.29) is 0 Å². The molecule has 0 saturated heterocycles. The highest BCUT2D eigenvalue weighted by Crippen LogP contribution is 2.37. The molecule has 4 nitrogen and oxygen atoms in total. The van der Waals surface area contributed by atoms with Crippen LogP contribution in [0.2, 0.25) is 0 Å². The quantitative estimate of drug-likeness (QED) is 0.347. The number of fused-ring (bicyclic) bond motifs is 2. The van der Waals surface area contributed by atoms with E-state index in [9.17, 15) is 0 Å². The molecule has 1 aliphatic rings. The number of nitrogens with one attached hydrogen (secondary N) is 1. The zero-order valence-corrected chi connectivity index (χ0v) is 21.2. The molecule has 4 heteroatoms. The molecule has 5 rings (SSSR count).